The molecule has 0 spiro atoms. The number of benzene rings is 2. The van der Waals surface area contributed by atoms with Crippen LogP contribution in [0.3, 0.4) is 0 Å². The second-order valence-electron chi connectivity index (χ2n) is 14.2. The van der Waals surface area contributed by atoms with E-state index < -0.39 is 78.1 Å². The molecule has 1 radical (unpaired) electrons. The molecule has 22 nitrogen and oxygen atoms in total. The minimum absolute atomic E-state index is 0. The van der Waals surface area contributed by atoms with Gasteiger partial charge in [0.1, 0.15) is 30.2 Å². The van der Waals surface area contributed by atoms with Gasteiger partial charge in [-0.3, -0.25) is 38.6 Å². The van der Waals surface area contributed by atoms with Gasteiger partial charge in [0.05, 0.1) is 13.1 Å². The van der Waals surface area contributed by atoms with Crippen molar-refractivity contribution in [3.05, 3.63) is 83.9 Å². The number of nitrogens with zero attached hydrogens (tertiary/aromatic N) is 3. The summed E-state index contributed by atoms with van der Waals surface area (Å²) in [6.07, 6.45) is 3.71. The van der Waals surface area contributed by atoms with Gasteiger partial charge in [0.2, 0.25) is 41.4 Å². The van der Waals surface area contributed by atoms with Crippen molar-refractivity contribution in [3.8, 4) is 5.75 Å². The first-order chi connectivity index (χ1) is 29.7. The van der Waals surface area contributed by atoms with Crippen LogP contribution in [-0.4, -0.2) is 109 Å². The summed E-state index contributed by atoms with van der Waals surface area (Å²) in [5, 5.41) is 27.4. The quantitative estimate of drug-likeness (QED) is 0.0148. The average molecular weight is 925 g/mol. The maximum Gasteiger partial charge on any atom is 2.00 e. The number of nitrogens with two attached hydrogens (primary N) is 5. The third kappa shape index (κ3) is 19.8. The largest absolute Gasteiger partial charge is 2.00 e. The van der Waals surface area contributed by atoms with Gasteiger partial charge in [-0.2, -0.15) is 0 Å². The molecule has 2 aromatic carbocycles. The van der Waals surface area contributed by atoms with Gasteiger partial charge < -0.3 is 75.6 Å². The molecule has 5 atom stereocenters. The zero-order valence-electron chi connectivity index (χ0n) is 34.5. The molecule has 0 bridgehead atoms. The van der Waals surface area contributed by atoms with Crippen LogP contribution < -0.4 is 70.7 Å². The van der Waals surface area contributed by atoms with E-state index in [0.29, 0.717) is 36.2 Å². The van der Waals surface area contributed by atoms with E-state index in [4.69, 9.17) is 28.7 Å². The molecule has 0 aliphatic heterocycles. The van der Waals surface area contributed by atoms with E-state index in [0.717, 1.165) is 0 Å². The second-order valence-corrected chi connectivity index (χ2v) is 14.2. The van der Waals surface area contributed by atoms with E-state index in [1.54, 1.807) is 30.3 Å². The summed E-state index contributed by atoms with van der Waals surface area (Å²) in [7, 11) is 0. The number of guanidine groups is 1. The molecule has 3 rings (SSSR count). The number of aromatic nitrogens is 2. The number of aliphatic imine (C=N–C) groups is 1. The first-order valence-electron chi connectivity index (χ1n) is 19.9. The number of rotatable bonds is 27. The maximum absolute atomic E-state index is 14.3. The summed E-state index contributed by atoms with van der Waals surface area (Å²) in [4.78, 5) is 105. The van der Waals surface area contributed by atoms with Gasteiger partial charge in [0.15, 0.2) is 5.96 Å². The van der Waals surface area contributed by atoms with Crippen LogP contribution in [0, 0.1) is 0 Å². The van der Waals surface area contributed by atoms with Crippen molar-refractivity contribution in [1.82, 2.24) is 41.9 Å². The molecule has 0 saturated heterocycles. The molecule has 1 aromatic heterocycles. The fourth-order valence-corrected chi connectivity index (χ4v) is 6.05. The summed E-state index contributed by atoms with van der Waals surface area (Å²) in [5.41, 5.74) is 29.0. The van der Waals surface area contributed by atoms with Gasteiger partial charge in [-0.1, -0.05) is 72.8 Å². The molecular weight excluding hydrogens is 868 g/mol. The molecule has 0 unspecified atom stereocenters. The van der Waals surface area contributed by atoms with Gasteiger partial charge in [-0.05, 0) is 56.2 Å². The fourth-order valence-electron chi connectivity index (χ4n) is 6.05. The molecule has 63 heavy (non-hydrogen) atoms. The van der Waals surface area contributed by atoms with Crippen LogP contribution in [0.2, 0.25) is 0 Å². The first-order valence-corrected chi connectivity index (χ1v) is 19.9. The Labute approximate surface area is 375 Å². The molecule has 0 fully saturated rings. The second kappa shape index (κ2) is 28.1. The average Bonchev–Trinajstić information content (AvgIpc) is 3.76. The Kier molecular flexibility index (Phi) is 23.5. The smallest absolute Gasteiger partial charge is 0.872 e. The van der Waals surface area contributed by atoms with Crippen molar-refractivity contribution >= 4 is 47.3 Å². The topological polar surface area (TPSA) is 384 Å². The summed E-state index contributed by atoms with van der Waals surface area (Å²) in [6.45, 7) is -0.436. The van der Waals surface area contributed by atoms with Crippen LogP contribution >= 0.6 is 0 Å². The van der Waals surface area contributed by atoms with E-state index in [9.17, 15) is 38.7 Å². The van der Waals surface area contributed by atoms with Crippen molar-refractivity contribution in [2.75, 3.05) is 26.2 Å². The van der Waals surface area contributed by atoms with Crippen molar-refractivity contribution in [2.24, 2.45) is 33.7 Å². The molecule has 345 valence electrons. The molecular formula is C40H56CuN14O8. The van der Waals surface area contributed by atoms with Gasteiger partial charge in [0.25, 0.3) is 0 Å². The van der Waals surface area contributed by atoms with E-state index >= 15 is 0 Å². The summed E-state index contributed by atoms with van der Waals surface area (Å²) in [6, 6.07) is 7.86. The molecule has 0 aliphatic carbocycles. The standard InChI is InChI=1S/C40H58N14O8.Cu/c41-15-5-4-9-28(35(43)58)51-37(60)30(17-24-7-2-1-3-8-24)53-36(59)29(10-6-16-47-40(44)45)52-38(61)31(18-25-11-13-27(55)14-12-25)54-39(62)32(19-26-21-46-23-49-26)50-34(57)22-48-33(56)20-42;/h1-3,7-8,11-14,21,23,28-32H,4-6,9-10,15-20,22,41-42H2,(H14,43,44,45,46,47,48,49,50,51,52,53,54,55,56,57,58,59,60,61,62);/q;+2/p-2/t28-,29-,30-,31-,32-;/m1./s1. The molecule has 1 heterocycles. The van der Waals surface area contributed by atoms with Gasteiger partial charge >= 0.3 is 17.1 Å². The minimum atomic E-state index is -1.41. The Morgan fingerprint density at radius 3 is 1.73 bits per heavy atom. The van der Waals surface area contributed by atoms with Crippen molar-refractivity contribution in [2.45, 2.75) is 81.6 Å². The van der Waals surface area contributed by atoms with Crippen LogP contribution in [-0.2, 0) is 69.9 Å². The van der Waals surface area contributed by atoms with Gasteiger partial charge in [-0.25, -0.2) is 0 Å². The van der Waals surface area contributed by atoms with E-state index in [1.807, 2.05) is 0 Å². The summed E-state index contributed by atoms with van der Waals surface area (Å²) < 4.78 is 0. The SMILES string of the molecule is NCCCC[C@@H](NC(=O)[C@@H](Cc1ccccc1)NC(=O)[C@@H](CCCN=C(N)N)NC(=O)[C@@H](Cc1ccc([O-])cc1)NC(=O)[C@@H](Cc1c[n-]cn1)NC(=O)CNC(=O)CN)C(N)=O.[Cu+2]. The minimum Gasteiger partial charge on any atom is -0.872 e. The number of hydrogen-bond acceptors (Lipinski definition) is 12. The van der Waals surface area contributed by atoms with Crippen LogP contribution in [0.5, 0.6) is 5.75 Å². The monoisotopic (exact) mass is 923 g/mol. The summed E-state index contributed by atoms with van der Waals surface area (Å²) in [5.74, 6) is -5.82. The molecule has 7 amide bonds. The Morgan fingerprint density at radius 2 is 1.19 bits per heavy atom. The van der Waals surface area contributed by atoms with E-state index in [1.165, 1.54) is 36.8 Å². The predicted molar refractivity (Wildman–Crippen MR) is 225 cm³/mol. The number of hydrogen-bond donors (Lipinski definition) is 11. The van der Waals surface area contributed by atoms with Crippen LogP contribution in [0.25, 0.3) is 0 Å². The molecule has 3 aromatic rings. The molecule has 16 N–H and O–H groups in total. The number of amides is 7. The summed E-state index contributed by atoms with van der Waals surface area (Å²) >= 11 is 0. The number of primary amides is 1. The number of unbranched alkanes of at least 4 members (excludes halogenated alkanes) is 1. The number of imidazole rings is 1. The van der Waals surface area contributed by atoms with Gasteiger partial charge in [-0.15, -0.1) is 5.75 Å². The zero-order valence-corrected chi connectivity index (χ0v) is 35.5. The van der Waals surface area contributed by atoms with E-state index in [-0.39, 0.29) is 80.4 Å². The van der Waals surface area contributed by atoms with Gasteiger partial charge in [0, 0.05) is 19.4 Å². The first kappa shape index (κ1) is 52.6. The third-order valence-corrected chi connectivity index (χ3v) is 9.31. The molecule has 0 aliphatic rings. The number of nitrogens with one attached hydrogen (secondary N) is 6. The van der Waals surface area contributed by atoms with Crippen molar-refractivity contribution in [1.29, 1.82) is 0 Å². The number of carbonyl (C=O) groups is 7. The van der Waals surface area contributed by atoms with E-state index in [2.05, 4.69) is 46.9 Å². The Balaban J connectivity index is 0.0000137. The fraction of sp³-hybridized carbons (Fsp3) is 0.425. The van der Waals surface area contributed by atoms with Crippen molar-refractivity contribution in [3.63, 3.8) is 0 Å². The van der Waals surface area contributed by atoms with Crippen LogP contribution in [0.1, 0.15) is 48.9 Å². The Morgan fingerprint density at radius 1 is 0.651 bits per heavy atom. The number of carbonyl (C=O) groups excluding carboxylic acids is 7. The zero-order chi connectivity index (χ0) is 45.4. The Bertz CT molecular complexity index is 1950. The molecule has 0 saturated carbocycles. The third-order valence-electron chi connectivity index (χ3n) is 9.31. The maximum atomic E-state index is 14.3. The normalized spacial score (nSPS) is 13.0. The van der Waals surface area contributed by atoms with Crippen molar-refractivity contribution < 1.29 is 55.7 Å². The molecule has 23 heteroatoms. The Hall–Kier alpha value is -6.55. The van der Waals surface area contributed by atoms with Crippen LogP contribution in [0.15, 0.2) is 72.1 Å². The predicted octanol–water partition coefficient (Wildman–Crippen LogP) is -4.70. The van der Waals surface area contributed by atoms with Crippen LogP contribution in [0.4, 0.5) is 0 Å².